The number of benzene rings is 2. The first-order chi connectivity index (χ1) is 13.3. The Morgan fingerprint density at radius 1 is 1.00 bits per heavy atom. The number of ether oxygens (including phenoxy) is 2. The number of methoxy groups -OCH3 is 2. The van der Waals surface area contributed by atoms with Crippen molar-refractivity contribution in [3.63, 3.8) is 0 Å². The minimum atomic E-state index is 0.476. The van der Waals surface area contributed by atoms with Crippen LogP contribution in [0.1, 0.15) is 31.7 Å². The van der Waals surface area contributed by atoms with Gasteiger partial charge in [0.25, 0.3) is 0 Å². The van der Waals surface area contributed by atoms with E-state index in [0.717, 1.165) is 33.2 Å². The topological polar surface area (TPSA) is 35.8 Å². The molecule has 4 rings (SSSR count). The van der Waals surface area contributed by atoms with Crippen LogP contribution in [0.3, 0.4) is 0 Å². The molecule has 1 aliphatic rings. The second kappa shape index (κ2) is 8.01. The van der Waals surface area contributed by atoms with Crippen LogP contribution in [0.15, 0.2) is 58.9 Å². The quantitative estimate of drug-likeness (QED) is 0.579. The molecule has 0 spiro atoms. The fourth-order valence-corrected chi connectivity index (χ4v) is 4.72. The van der Waals surface area contributed by atoms with Crippen molar-refractivity contribution in [2.24, 2.45) is 4.99 Å². The highest BCUT2D eigenvalue weighted by molar-refractivity contribution is 7.07. The Bertz CT molecular complexity index is 969. The van der Waals surface area contributed by atoms with Gasteiger partial charge in [-0.05, 0) is 43.2 Å². The summed E-state index contributed by atoms with van der Waals surface area (Å²) < 4.78 is 13.5. The largest absolute Gasteiger partial charge is 0.497 e. The number of hydrogen-bond acceptors (Lipinski definition) is 4. The maximum atomic E-state index is 5.65. The highest BCUT2D eigenvalue weighted by Gasteiger charge is 2.23. The molecule has 0 radical (unpaired) electrons. The van der Waals surface area contributed by atoms with Gasteiger partial charge < -0.3 is 14.0 Å². The van der Waals surface area contributed by atoms with Crippen LogP contribution in [0.2, 0.25) is 0 Å². The smallest absolute Gasteiger partial charge is 0.190 e. The SMILES string of the molecule is COc1ccc(OC)c(-c2csc(=Nc3ccccc3)n2C2CCCC2)c1. The van der Waals surface area contributed by atoms with E-state index in [-0.39, 0.29) is 0 Å². The highest BCUT2D eigenvalue weighted by Crippen LogP contribution is 2.38. The van der Waals surface area contributed by atoms with Gasteiger partial charge in [-0.1, -0.05) is 31.0 Å². The molecule has 1 fully saturated rings. The van der Waals surface area contributed by atoms with Crippen molar-refractivity contribution in [1.82, 2.24) is 4.57 Å². The lowest BCUT2D eigenvalue weighted by atomic mass is 10.1. The van der Waals surface area contributed by atoms with Crippen molar-refractivity contribution in [2.45, 2.75) is 31.7 Å². The number of nitrogens with zero attached hydrogens (tertiary/aromatic N) is 2. The van der Waals surface area contributed by atoms with Gasteiger partial charge in [-0.2, -0.15) is 0 Å². The maximum Gasteiger partial charge on any atom is 0.190 e. The van der Waals surface area contributed by atoms with E-state index in [1.54, 1.807) is 25.6 Å². The van der Waals surface area contributed by atoms with Gasteiger partial charge in [0.1, 0.15) is 11.5 Å². The van der Waals surface area contributed by atoms with Crippen LogP contribution in [-0.4, -0.2) is 18.8 Å². The molecular weight excluding hydrogens is 356 g/mol. The van der Waals surface area contributed by atoms with Crippen LogP contribution in [0, 0.1) is 0 Å². The number of thiazole rings is 1. The summed E-state index contributed by atoms with van der Waals surface area (Å²) in [7, 11) is 3.41. The van der Waals surface area contributed by atoms with E-state index in [0.29, 0.717) is 6.04 Å². The molecule has 0 aliphatic heterocycles. The van der Waals surface area contributed by atoms with Gasteiger partial charge in [0.15, 0.2) is 4.80 Å². The third-order valence-electron chi connectivity index (χ3n) is 5.09. The lowest BCUT2D eigenvalue weighted by Gasteiger charge is -2.18. The highest BCUT2D eigenvalue weighted by atomic mass is 32.1. The molecule has 0 atom stereocenters. The number of hydrogen-bond donors (Lipinski definition) is 0. The summed E-state index contributed by atoms with van der Waals surface area (Å²) in [6, 6.07) is 16.6. The van der Waals surface area contributed by atoms with Gasteiger partial charge in [-0.15, -0.1) is 11.3 Å². The lowest BCUT2D eigenvalue weighted by Crippen LogP contribution is -2.20. The molecule has 0 saturated heterocycles. The predicted octanol–water partition coefficient (Wildman–Crippen LogP) is 5.58. The standard InChI is InChI=1S/C22H24N2O2S/c1-25-18-12-13-21(26-2)19(14-18)20-15-27-22(23-16-8-4-3-5-9-16)24(20)17-10-6-7-11-17/h3-5,8-9,12-15,17H,6-7,10-11H2,1-2H3. The Balaban J connectivity index is 1.91. The summed E-state index contributed by atoms with van der Waals surface area (Å²) in [6.45, 7) is 0. The van der Waals surface area contributed by atoms with Crippen LogP contribution in [0.4, 0.5) is 5.69 Å². The van der Waals surface area contributed by atoms with Gasteiger partial charge in [-0.3, -0.25) is 0 Å². The molecule has 0 amide bonds. The molecule has 0 N–H and O–H groups in total. The molecule has 27 heavy (non-hydrogen) atoms. The molecule has 5 heteroatoms. The van der Waals surface area contributed by atoms with Crippen molar-refractivity contribution >= 4 is 17.0 Å². The Morgan fingerprint density at radius 3 is 2.48 bits per heavy atom. The van der Waals surface area contributed by atoms with E-state index in [2.05, 4.69) is 16.0 Å². The summed E-state index contributed by atoms with van der Waals surface area (Å²) in [6.07, 6.45) is 4.93. The van der Waals surface area contributed by atoms with Crippen molar-refractivity contribution in [1.29, 1.82) is 0 Å². The fourth-order valence-electron chi connectivity index (χ4n) is 3.74. The Morgan fingerprint density at radius 2 is 1.78 bits per heavy atom. The Labute approximate surface area is 163 Å². The summed E-state index contributed by atoms with van der Waals surface area (Å²) in [5.41, 5.74) is 3.18. The number of para-hydroxylation sites is 1. The fraction of sp³-hybridized carbons (Fsp3) is 0.318. The van der Waals surface area contributed by atoms with E-state index < -0.39 is 0 Å². The van der Waals surface area contributed by atoms with E-state index in [4.69, 9.17) is 14.5 Å². The van der Waals surface area contributed by atoms with E-state index >= 15 is 0 Å². The summed E-state index contributed by atoms with van der Waals surface area (Å²) in [4.78, 5) is 5.97. The molecule has 0 unspecified atom stereocenters. The van der Waals surface area contributed by atoms with Crippen LogP contribution >= 0.6 is 11.3 Å². The lowest BCUT2D eigenvalue weighted by molar-refractivity contribution is 0.403. The molecule has 2 aromatic carbocycles. The third kappa shape index (κ3) is 3.65. The van der Waals surface area contributed by atoms with Crippen LogP contribution in [-0.2, 0) is 0 Å². The zero-order valence-corrected chi connectivity index (χ0v) is 16.5. The summed E-state index contributed by atoms with van der Waals surface area (Å²) >= 11 is 1.69. The van der Waals surface area contributed by atoms with Gasteiger partial charge in [0, 0.05) is 17.0 Å². The summed E-state index contributed by atoms with van der Waals surface area (Å²) in [5, 5.41) is 2.19. The molecule has 3 aromatic rings. The monoisotopic (exact) mass is 380 g/mol. The molecule has 1 heterocycles. The van der Waals surface area contributed by atoms with Gasteiger partial charge in [0.2, 0.25) is 0 Å². The summed E-state index contributed by atoms with van der Waals surface area (Å²) in [5.74, 6) is 1.68. The van der Waals surface area contributed by atoms with E-state index in [1.165, 1.54) is 25.7 Å². The zero-order chi connectivity index (χ0) is 18.6. The molecule has 140 valence electrons. The van der Waals surface area contributed by atoms with Crippen LogP contribution in [0.25, 0.3) is 11.3 Å². The molecule has 0 bridgehead atoms. The number of aromatic nitrogens is 1. The van der Waals surface area contributed by atoms with E-state index in [1.807, 2.05) is 42.5 Å². The normalized spacial score (nSPS) is 15.3. The van der Waals surface area contributed by atoms with E-state index in [9.17, 15) is 0 Å². The second-order valence-electron chi connectivity index (χ2n) is 6.73. The molecule has 4 nitrogen and oxygen atoms in total. The third-order valence-corrected chi connectivity index (χ3v) is 5.93. The number of rotatable bonds is 5. The Hall–Kier alpha value is -2.53. The first-order valence-electron chi connectivity index (χ1n) is 9.32. The van der Waals surface area contributed by atoms with Crippen LogP contribution in [0.5, 0.6) is 11.5 Å². The average molecular weight is 381 g/mol. The molecule has 1 aliphatic carbocycles. The Kier molecular flexibility index (Phi) is 5.30. The van der Waals surface area contributed by atoms with Gasteiger partial charge >= 0.3 is 0 Å². The van der Waals surface area contributed by atoms with Crippen molar-refractivity contribution < 1.29 is 9.47 Å². The molecular formula is C22H24N2O2S. The van der Waals surface area contributed by atoms with Gasteiger partial charge in [-0.25, -0.2) is 4.99 Å². The van der Waals surface area contributed by atoms with Gasteiger partial charge in [0.05, 0.1) is 25.6 Å². The predicted molar refractivity (Wildman–Crippen MR) is 110 cm³/mol. The first kappa shape index (κ1) is 17.9. The first-order valence-corrected chi connectivity index (χ1v) is 10.2. The maximum absolute atomic E-state index is 5.65. The van der Waals surface area contributed by atoms with Crippen molar-refractivity contribution in [2.75, 3.05) is 14.2 Å². The zero-order valence-electron chi connectivity index (χ0n) is 15.7. The van der Waals surface area contributed by atoms with Crippen molar-refractivity contribution in [3.8, 4) is 22.8 Å². The molecule has 1 saturated carbocycles. The second-order valence-corrected chi connectivity index (χ2v) is 7.56. The van der Waals surface area contributed by atoms with Crippen LogP contribution < -0.4 is 14.3 Å². The minimum Gasteiger partial charge on any atom is -0.497 e. The average Bonchev–Trinajstić information content (AvgIpc) is 3.38. The molecule has 1 aromatic heterocycles. The minimum absolute atomic E-state index is 0.476. The van der Waals surface area contributed by atoms with Crippen molar-refractivity contribution in [3.05, 3.63) is 58.7 Å².